The number of rotatable bonds is 6. The monoisotopic (exact) mass is 370 g/mol. The SMILES string of the molecule is C=CCNC(=S)NC(=O)c1cc(Br)ccc1OCC(C)C. The van der Waals surface area contributed by atoms with Crippen LogP contribution in [0, 0.1) is 5.92 Å². The lowest BCUT2D eigenvalue weighted by atomic mass is 10.2. The Kier molecular flexibility index (Phi) is 7.39. The highest BCUT2D eigenvalue weighted by atomic mass is 79.9. The summed E-state index contributed by atoms with van der Waals surface area (Å²) in [6.45, 7) is 8.71. The van der Waals surface area contributed by atoms with E-state index in [1.165, 1.54) is 0 Å². The van der Waals surface area contributed by atoms with Gasteiger partial charge >= 0.3 is 0 Å². The Balaban J connectivity index is 2.83. The van der Waals surface area contributed by atoms with Gasteiger partial charge in [-0.15, -0.1) is 6.58 Å². The molecule has 1 rings (SSSR count). The van der Waals surface area contributed by atoms with Crippen molar-refractivity contribution in [2.75, 3.05) is 13.2 Å². The molecule has 2 N–H and O–H groups in total. The Morgan fingerprint density at radius 3 is 2.86 bits per heavy atom. The Labute approximate surface area is 139 Å². The molecular weight excluding hydrogens is 352 g/mol. The van der Waals surface area contributed by atoms with Gasteiger partial charge in [0.1, 0.15) is 5.75 Å². The van der Waals surface area contributed by atoms with Crippen molar-refractivity contribution in [2.45, 2.75) is 13.8 Å². The number of thiocarbonyl (C=S) groups is 1. The van der Waals surface area contributed by atoms with Crippen molar-refractivity contribution in [1.82, 2.24) is 10.6 Å². The molecule has 0 radical (unpaired) electrons. The van der Waals surface area contributed by atoms with E-state index in [-0.39, 0.29) is 11.0 Å². The predicted octanol–water partition coefficient (Wildman–Crippen LogP) is 3.27. The fraction of sp³-hybridized carbons (Fsp3) is 0.333. The number of carbonyl (C=O) groups excluding carboxylic acids is 1. The molecule has 0 saturated carbocycles. The second-order valence-electron chi connectivity index (χ2n) is 4.80. The molecule has 0 aliphatic rings. The van der Waals surface area contributed by atoms with Crippen molar-refractivity contribution in [1.29, 1.82) is 0 Å². The van der Waals surface area contributed by atoms with Crippen molar-refractivity contribution in [2.24, 2.45) is 5.92 Å². The molecule has 6 heteroatoms. The van der Waals surface area contributed by atoms with Gasteiger partial charge in [0.2, 0.25) is 0 Å². The first kappa shape index (κ1) is 17.7. The van der Waals surface area contributed by atoms with Gasteiger partial charge in [0.05, 0.1) is 12.2 Å². The quantitative estimate of drug-likeness (QED) is 0.595. The molecule has 0 atom stereocenters. The smallest absolute Gasteiger partial charge is 0.261 e. The van der Waals surface area contributed by atoms with Crippen molar-refractivity contribution >= 4 is 39.2 Å². The molecule has 4 nitrogen and oxygen atoms in total. The summed E-state index contributed by atoms with van der Waals surface area (Å²) in [7, 11) is 0. The van der Waals surface area contributed by atoms with Crippen molar-refractivity contribution in [3.05, 3.63) is 40.9 Å². The molecule has 0 aliphatic carbocycles. The molecule has 1 amide bonds. The summed E-state index contributed by atoms with van der Waals surface area (Å²) in [5, 5.41) is 5.72. The highest BCUT2D eigenvalue weighted by Gasteiger charge is 2.15. The number of hydrogen-bond acceptors (Lipinski definition) is 3. The molecule has 0 heterocycles. The summed E-state index contributed by atoms with van der Waals surface area (Å²) in [4.78, 5) is 12.3. The van der Waals surface area contributed by atoms with E-state index in [2.05, 4.69) is 33.1 Å². The van der Waals surface area contributed by atoms with Crippen molar-refractivity contribution in [3.63, 3.8) is 0 Å². The minimum Gasteiger partial charge on any atom is -0.492 e. The highest BCUT2D eigenvalue weighted by molar-refractivity contribution is 9.10. The van der Waals surface area contributed by atoms with E-state index in [0.717, 1.165) is 4.47 Å². The van der Waals surface area contributed by atoms with Crippen LogP contribution in [0.5, 0.6) is 5.75 Å². The van der Waals surface area contributed by atoms with Crippen LogP contribution in [-0.4, -0.2) is 24.2 Å². The summed E-state index contributed by atoms with van der Waals surface area (Å²) in [6, 6.07) is 5.31. The summed E-state index contributed by atoms with van der Waals surface area (Å²) < 4.78 is 6.48. The zero-order valence-corrected chi connectivity index (χ0v) is 14.5. The standard InChI is InChI=1S/C15H19BrN2O2S/c1-4-7-17-15(21)18-14(19)12-8-11(16)5-6-13(12)20-9-10(2)3/h4-6,8,10H,1,7,9H2,2-3H3,(H2,17,18,19,21). The first-order chi connectivity index (χ1) is 9.93. The van der Waals surface area contributed by atoms with Crippen LogP contribution in [0.25, 0.3) is 0 Å². The van der Waals surface area contributed by atoms with E-state index in [4.69, 9.17) is 17.0 Å². The number of carbonyl (C=O) groups is 1. The Hall–Kier alpha value is -1.40. The third-order valence-corrected chi connectivity index (χ3v) is 3.13. The Morgan fingerprint density at radius 2 is 2.24 bits per heavy atom. The third kappa shape index (κ3) is 6.27. The van der Waals surface area contributed by atoms with Crippen LogP contribution in [0.1, 0.15) is 24.2 Å². The summed E-state index contributed by atoms with van der Waals surface area (Å²) in [6.07, 6.45) is 1.66. The average molecular weight is 371 g/mol. The van der Waals surface area contributed by atoms with E-state index in [1.807, 2.05) is 19.9 Å². The van der Waals surface area contributed by atoms with Crippen LogP contribution in [0.15, 0.2) is 35.3 Å². The molecule has 0 aliphatic heterocycles. The van der Waals surface area contributed by atoms with Gasteiger partial charge in [-0.25, -0.2) is 0 Å². The van der Waals surface area contributed by atoms with Crippen molar-refractivity contribution in [3.8, 4) is 5.75 Å². The third-order valence-electron chi connectivity index (χ3n) is 2.39. The average Bonchev–Trinajstić information content (AvgIpc) is 2.43. The maximum Gasteiger partial charge on any atom is 0.261 e. The van der Waals surface area contributed by atoms with E-state index >= 15 is 0 Å². The molecule has 0 aromatic heterocycles. The fourth-order valence-electron chi connectivity index (χ4n) is 1.44. The van der Waals surface area contributed by atoms with Crippen LogP contribution >= 0.6 is 28.1 Å². The van der Waals surface area contributed by atoms with Crippen LogP contribution in [0.4, 0.5) is 0 Å². The second kappa shape index (κ2) is 8.79. The molecule has 1 aromatic rings. The molecule has 1 aromatic carbocycles. The van der Waals surface area contributed by atoms with Gasteiger partial charge in [-0.2, -0.15) is 0 Å². The summed E-state index contributed by atoms with van der Waals surface area (Å²) in [5.74, 6) is 0.604. The van der Waals surface area contributed by atoms with E-state index in [1.54, 1.807) is 18.2 Å². The maximum atomic E-state index is 12.3. The van der Waals surface area contributed by atoms with Gasteiger partial charge in [0.15, 0.2) is 5.11 Å². The lowest BCUT2D eigenvalue weighted by Crippen LogP contribution is -2.39. The predicted molar refractivity (Wildman–Crippen MR) is 92.7 cm³/mol. The molecule has 0 bridgehead atoms. The molecule has 0 spiro atoms. The molecular formula is C15H19BrN2O2S. The number of hydrogen-bond donors (Lipinski definition) is 2. The van der Waals surface area contributed by atoms with Crippen LogP contribution in [0.3, 0.4) is 0 Å². The van der Waals surface area contributed by atoms with Gasteiger partial charge in [-0.1, -0.05) is 35.9 Å². The van der Waals surface area contributed by atoms with E-state index < -0.39 is 0 Å². The molecule has 0 unspecified atom stereocenters. The first-order valence-electron chi connectivity index (χ1n) is 6.56. The minimum absolute atomic E-state index is 0.259. The van der Waals surface area contributed by atoms with E-state index in [0.29, 0.717) is 30.4 Å². The number of ether oxygens (including phenoxy) is 1. The van der Waals surface area contributed by atoms with Gasteiger partial charge in [0.25, 0.3) is 5.91 Å². The summed E-state index contributed by atoms with van der Waals surface area (Å²) >= 11 is 8.39. The highest BCUT2D eigenvalue weighted by Crippen LogP contribution is 2.23. The number of halogens is 1. The summed E-state index contributed by atoms with van der Waals surface area (Å²) in [5.41, 5.74) is 0.438. The largest absolute Gasteiger partial charge is 0.492 e. The molecule has 21 heavy (non-hydrogen) atoms. The lowest BCUT2D eigenvalue weighted by Gasteiger charge is -2.14. The van der Waals surface area contributed by atoms with Crippen LogP contribution in [0.2, 0.25) is 0 Å². The first-order valence-corrected chi connectivity index (χ1v) is 7.76. The molecule has 0 saturated heterocycles. The zero-order chi connectivity index (χ0) is 15.8. The number of nitrogens with one attached hydrogen (secondary N) is 2. The maximum absolute atomic E-state index is 12.3. The topological polar surface area (TPSA) is 50.4 Å². The van der Waals surface area contributed by atoms with E-state index in [9.17, 15) is 4.79 Å². The van der Waals surface area contributed by atoms with Gasteiger partial charge < -0.3 is 10.1 Å². The Morgan fingerprint density at radius 1 is 1.52 bits per heavy atom. The molecule has 114 valence electrons. The van der Waals surface area contributed by atoms with Crippen LogP contribution < -0.4 is 15.4 Å². The van der Waals surface area contributed by atoms with Crippen molar-refractivity contribution < 1.29 is 9.53 Å². The number of benzene rings is 1. The van der Waals surface area contributed by atoms with Crippen LogP contribution in [-0.2, 0) is 0 Å². The lowest BCUT2D eigenvalue weighted by molar-refractivity contribution is 0.0972. The Bertz CT molecular complexity index is 532. The van der Waals surface area contributed by atoms with Gasteiger partial charge in [0, 0.05) is 11.0 Å². The number of amides is 1. The second-order valence-corrected chi connectivity index (χ2v) is 6.12. The minimum atomic E-state index is -0.309. The molecule has 0 fully saturated rings. The fourth-order valence-corrected chi connectivity index (χ4v) is 1.98. The van der Waals surface area contributed by atoms with Gasteiger partial charge in [-0.3, -0.25) is 10.1 Å². The zero-order valence-electron chi connectivity index (χ0n) is 12.1. The van der Waals surface area contributed by atoms with Gasteiger partial charge in [-0.05, 0) is 36.3 Å². The normalized spacial score (nSPS) is 10.1.